The smallest absolute Gasteiger partial charge is 0.313 e. The van der Waals surface area contributed by atoms with Gasteiger partial charge in [0.05, 0.1) is 31.5 Å². The lowest BCUT2D eigenvalue weighted by atomic mass is 9.44. The molecule has 9 nitrogen and oxygen atoms in total. The van der Waals surface area contributed by atoms with Crippen molar-refractivity contribution in [2.24, 2.45) is 34.3 Å². The SMILES string of the molecule is COC(=O)[C@@H]1C=C(OCc2cccc(C(N)=O)c2)C(=O)[C@H]2[C@@]1(C)CC[C@H]1C(=O)O[C@H](c3ccoc3)C[C@]21C. The molecule has 1 aliphatic heterocycles. The number of carbonyl (C=O) groups excluding carboxylic acids is 4. The third-order valence-electron chi connectivity index (χ3n) is 8.76. The van der Waals surface area contributed by atoms with Crippen molar-refractivity contribution in [1.82, 2.24) is 0 Å². The number of methoxy groups -OCH3 is 1. The number of amides is 1. The van der Waals surface area contributed by atoms with Gasteiger partial charge >= 0.3 is 11.9 Å². The van der Waals surface area contributed by atoms with E-state index in [0.717, 1.165) is 5.56 Å². The van der Waals surface area contributed by atoms with Gasteiger partial charge in [-0.15, -0.1) is 0 Å². The van der Waals surface area contributed by atoms with E-state index in [1.54, 1.807) is 36.4 Å². The van der Waals surface area contributed by atoms with Crippen LogP contribution in [0.2, 0.25) is 0 Å². The number of benzene rings is 1. The molecular weight excluding hydrogens is 490 g/mol. The fourth-order valence-corrected chi connectivity index (χ4v) is 6.90. The summed E-state index contributed by atoms with van der Waals surface area (Å²) in [5.74, 6) is -3.54. The Labute approximate surface area is 220 Å². The first-order valence-electron chi connectivity index (χ1n) is 12.7. The number of primary amides is 1. The third kappa shape index (κ3) is 4.10. The van der Waals surface area contributed by atoms with Crippen molar-refractivity contribution in [2.75, 3.05) is 7.11 Å². The van der Waals surface area contributed by atoms with Crippen molar-refractivity contribution < 1.29 is 37.8 Å². The second-order valence-corrected chi connectivity index (χ2v) is 11.0. The van der Waals surface area contributed by atoms with Gasteiger partial charge in [-0.3, -0.25) is 19.2 Å². The number of ketones is 1. The summed E-state index contributed by atoms with van der Waals surface area (Å²) in [6, 6.07) is 8.38. The molecule has 2 aliphatic carbocycles. The third-order valence-corrected chi connectivity index (χ3v) is 8.76. The number of Topliss-reactive ketones (excluding diaryl/α,β-unsaturated/α-hetero) is 1. The fourth-order valence-electron chi connectivity index (χ4n) is 6.90. The maximum Gasteiger partial charge on any atom is 0.313 e. The molecule has 38 heavy (non-hydrogen) atoms. The summed E-state index contributed by atoms with van der Waals surface area (Å²) in [4.78, 5) is 52.1. The minimum absolute atomic E-state index is 0.00412. The van der Waals surface area contributed by atoms with Gasteiger partial charge in [-0.05, 0) is 59.9 Å². The van der Waals surface area contributed by atoms with Crippen LogP contribution in [0.3, 0.4) is 0 Å². The summed E-state index contributed by atoms with van der Waals surface area (Å²) in [5, 5.41) is 0. The highest BCUT2D eigenvalue weighted by molar-refractivity contribution is 6.00. The van der Waals surface area contributed by atoms with Crippen LogP contribution in [0.5, 0.6) is 0 Å². The van der Waals surface area contributed by atoms with Crippen molar-refractivity contribution >= 4 is 23.6 Å². The van der Waals surface area contributed by atoms with Gasteiger partial charge in [-0.2, -0.15) is 0 Å². The Hall–Kier alpha value is -3.88. The summed E-state index contributed by atoms with van der Waals surface area (Å²) in [6.07, 6.45) is 5.41. The average Bonchev–Trinajstić information content (AvgIpc) is 3.42. The summed E-state index contributed by atoms with van der Waals surface area (Å²) >= 11 is 0. The second kappa shape index (κ2) is 9.45. The number of carbonyl (C=O) groups is 4. The van der Waals surface area contributed by atoms with Crippen LogP contribution in [0, 0.1) is 28.6 Å². The van der Waals surface area contributed by atoms with Crippen LogP contribution in [-0.4, -0.2) is 30.7 Å². The number of hydrogen-bond acceptors (Lipinski definition) is 8. The van der Waals surface area contributed by atoms with Crippen LogP contribution < -0.4 is 5.73 Å². The zero-order chi connectivity index (χ0) is 27.2. The summed E-state index contributed by atoms with van der Waals surface area (Å²) < 4.78 is 22.2. The Balaban J connectivity index is 1.52. The molecule has 5 rings (SSSR count). The average molecular weight is 522 g/mol. The number of rotatable bonds is 6. The van der Waals surface area contributed by atoms with Crippen LogP contribution in [0.4, 0.5) is 0 Å². The van der Waals surface area contributed by atoms with Crippen molar-refractivity contribution in [2.45, 2.75) is 45.8 Å². The largest absolute Gasteiger partial charge is 0.485 e. The number of allylic oxidation sites excluding steroid dienone is 1. The van der Waals surface area contributed by atoms with Gasteiger partial charge in [0.2, 0.25) is 11.7 Å². The first-order chi connectivity index (χ1) is 18.1. The van der Waals surface area contributed by atoms with Crippen molar-refractivity contribution in [3.8, 4) is 0 Å². The summed E-state index contributed by atoms with van der Waals surface area (Å²) in [6.45, 7) is 3.86. The molecule has 2 heterocycles. The van der Waals surface area contributed by atoms with E-state index in [1.165, 1.54) is 19.6 Å². The Morgan fingerprint density at radius 3 is 2.63 bits per heavy atom. The lowest BCUT2D eigenvalue weighted by molar-refractivity contribution is -0.198. The monoisotopic (exact) mass is 521 g/mol. The first kappa shape index (κ1) is 25.8. The highest BCUT2D eigenvalue weighted by atomic mass is 16.5. The van der Waals surface area contributed by atoms with Gasteiger partial charge in [-0.25, -0.2) is 0 Å². The Bertz CT molecular complexity index is 1310. The molecule has 1 amide bonds. The first-order valence-corrected chi connectivity index (χ1v) is 12.7. The maximum absolute atomic E-state index is 14.2. The minimum atomic E-state index is -0.803. The number of ether oxygens (including phenoxy) is 3. The molecule has 1 aromatic heterocycles. The van der Waals surface area contributed by atoms with Crippen molar-refractivity contribution in [3.63, 3.8) is 0 Å². The molecule has 0 bridgehead atoms. The molecule has 1 saturated heterocycles. The molecule has 9 heteroatoms. The predicted molar refractivity (Wildman–Crippen MR) is 133 cm³/mol. The van der Waals surface area contributed by atoms with Crippen molar-refractivity contribution in [3.05, 3.63) is 71.4 Å². The molecule has 1 aromatic carbocycles. The van der Waals surface area contributed by atoms with Gasteiger partial charge in [0, 0.05) is 17.0 Å². The fraction of sp³-hybridized carbons (Fsp3) is 0.448. The van der Waals surface area contributed by atoms with E-state index in [2.05, 4.69) is 0 Å². The van der Waals surface area contributed by atoms with Gasteiger partial charge in [0.25, 0.3) is 0 Å². The Morgan fingerprint density at radius 1 is 1.16 bits per heavy atom. The highest BCUT2D eigenvalue weighted by Gasteiger charge is 2.66. The van der Waals surface area contributed by atoms with Crippen LogP contribution in [0.15, 0.2) is 59.1 Å². The lowest BCUT2D eigenvalue weighted by Gasteiger charge is -2.59. The summed E-state index contributed by atoms with van der Waals surface area (Å²) in [7, 11) is 1.32. The van der Waals surface area contributed by atoms with E-state index in [9.17, 15) is 19.2 Å². The zero-order valence-corrected chi connectivity index (χ0v) is 21.6. The normalized spacial score (nSPS) is 32.3. The maximum atomic E-state index is 14.2. The molecular formula is C29H31NO8. The molecule has 0 spiro atoms. The van der Waals surface area contributed by atoms with Crippen molar-refractivity contribution in [1.29, 1.82) is 0 Å². The van der Waals surface area contributed by atoms with E-state index in [0.29, 0.717) is 30.4 Å². The molecule has 3 aliphatic rings. The topological polar surface area (TPSA) is 135 Å². The molecule has 0 unspecified atom stereocenters. The second-order valence-electron chi connectivity index (χ2n) is 11.0. The quantitative estimate of drug-likeness (QED) is 0.566. The van der Waals surface area contributed by atoms with Crippen LogP contribution in [0.1, 0.15) is 60.7 Å². The number of cyclic esters (lactones) is 1. The number of esters is 2. The Morgan fingerprint density at radius 2 is 1.95 bits per heavy atom. The van der Waals surface area contributed by atoms with Gasteiger partial charge in [0.1, 0.15) is 12.7 Å². The summed E-state index contributed by atoms with van der Waals surface area (Å²) in [5.41, 5.74) is 5.49. The highest BCUT2D eigenvalue weighted by Crippen LogP contribution is 2.64. The van der Waals surface area contributed by atoms with Crippen LogP contribution in [-0.2, 0) is 35.2 Å². The molecule has 2 N–H and O–H groups in total. The van der Waals surface area contributed by atoms with E-state index in [1.807, 2.05) is 13.8 Å². The van der Waals surface area contributed by atoms with Crippen LogP contribution >= 0.6 is 0 Å². The van der Waals surface area contributed by atoms with Gasteiger partial charge in [0.15, 0.2) is 5.76 Å². The predicted octanol–water partition coefficient (Wildman–Crippen LogP) is 3.88. The molecule has 1 saturated carbocycles. The number of hydrogen-bond donors (Lipinski definition) is 1. The van der Waals surface area contributed by atoms with E-state index < -0.39 is 46.6 Å². The minimum Gasteiger partial charge on any atom is -0.485 e. The number of furan rings is 1. The van der Waals surface area contributed by atoms with E-state index >= 15 is 0 Å². The number of fused-ring (bicyclic) bond motifs is 3. The van der Waals surface area contributed by atoms with Crippen LogP contribution in [0.25, 0.3) is 0 Å². The molecule has 200 valence electrons. The Kier molecular flexibility index (Phi) is 6.41. The van der Waals surface area contributed by atoms with E-state index in [4.69, 9.17) is 24.4 Å². The standard InChI is InChI=1S/C29H31NO8/c1-28-9-7-19-27(34)38-22(18-8-10-36-15-18)13-29(19,2)24(28)23(31)21(12-20(28)26(33)35-3)37-14-16-5-4-6-17(11-16)25(30)32/h4-6,8,10-12,15,19-20,22,24H,7,9,13-14H2,1-3H3,(H2,30,32)/t19-,20-,22-,24-,28-,29-/m0/s1. The molecule has 2 fully saturated rings. The molecule has 6 atom stereocenters. The number of nitrogens with two attached hydrogens (primary N) is 1. The lowest BCUT2D eigenvalue weighted by Crippen LogP contribution is -2.61. The van der Waals surface area contributed by atoms with Gasteiger partial charge < -0.3 is 24.4 Å². The molecule has 0 radical (unpaired) electrons. The molecule has 2 aromatic rings. The zero-order valence-electron chi connectivity index (χ0n) is 21.6. The van der Waals surface area contributed by atoms with E-state index in [-0.39, 0.29) is 24.1 Å². The van der Waals surface area contributed by atoms with Gasteiger partial charge in [-0.1, -0.05) is 26.0 Å².